The molecule has 4 rings (SSSR count). The first-order chi connectivity index (χ1) is 10.7. The highest BCUT2D eigenvalue weighted by Crippen LogP contribution is 2.36. The molecule has 22 heavy (non-hydrogen) atoms. The molecule has 1 aliphatic carbocycles. The van der Waals surface area contributed by atoms with E-state index in [-0.39, 0.29) is 5.91 Å². The number of thiophene rings is 1. The molecule has 0 atom stereocenters. The molecule has 3 heterocycles. The molecular weight excluding hydrogens is 364 g/mol. The number of carbonyl (C=O) groups excluding carboxylic acids is 1. The average Bonchev–Trinajstić information content (AvgIpc) is 2.90. The van der Waals surface area contributed by atoms with E-state index in [0.29, 0.717) is 12.5 Å². The molecule has 4 nitrogen and oxygen atoms in total. The lowest BCUT2D eigenvalue weighted by Crippen LogP contribution is -2.25. The number of furan rings is 1. The molecule has 1 N–H and O–H groups in total. The Morgan fingerprint density at radius 3 is 3.05 bits per heavy atom. The Labute approximate surface area is 140 Å². The van der Waals surface area contributed by atoms with Crippen LogP contribution in [0, 0.1) is 5.92 Å². The van der Waals surface area contributed by atoms with Gasteiger partial charge in [-0.25, -0.2) is 0 Å². The minimum Gasteiger partial charge on any atom is -0.467 e. The van der Waals surface area contributed by atoms with Gasteiger partial charge >= 0.3 is 0 Å². The number of hydrogen-bond donors (Lipinski definition) is 1. The number of aromatic nitrogens is 1. The summed E-state index contributed by atoms with van der Waals surface area (Å²) < 4.78 is 9.67. The standard InChI is InChI=1S/C16H15BrN2O2S/c17-15-7-12-14(22-15)6-13(19(12)9-10-3-4-10)16(20)18-8-11-2-1-5-21-11/h1-2,5-7,10H,3-4,8-9H2,(H,18,20). The van der Waals surface area contributed by atoms with E-state index in [4.69, 9.17) is 4.42 Å². The highest BCUT2D eigenvalue weighted by atomic mass is 79.9. The number of carbonyl (C=O) groups is 1. The summed E-state index contributed by atoms with van der Waals surface area (Å²) in [5.74, 6) is 1.43. The lowest BCUT2D eigenvalue weighted by molar-refractivity contribution is 0.0939. The summed E-state index contributed by atoms with van der Waals surface area (Å²) >= 11 is 5.20. The van der Waals surface area contributed by atoms with Gasteiger partial charge in [0.05, 0.1) is 26.8 Å². The van der Waals surface area contributed by atoms with E-state index in [9.17, 15) is 4.79 Å². The SMILES string of the molecule is O=C(NCc1ccco1)c1cc2sc(Br)cc2n1CC1CC1. The van der Waals surface area contributed by atoms with Gasteiger partial charge in [0.1, 0.15) is 11.5 Å². The molecule has 1 amide bonds. The van der Waals surface area contributed by atoms with Gasteiger partial charge in [-0.15, -0.1) is 11.3 Å². The van der Waals surface area contributed by atoms with Crippen LogP contribution in [0.25, 0.3) is 10.2 Å². The van der Waals surface area contributed by atoms with E-state index in [1.165, 1.54) is 12.8 Å². The highest BCUT2D eigenvalue weighted by Gasteiger charge is 2.26. The Hall–Kier alpha value is -1.53. The van der Waals surface area contributed by atoms with E-state index in [1.54, 1.807) is 17.6 Å². The zero-order valence-corrected chi connectivity index (χ0v) is 14.2. The van der Waals surface area contributed by atoms with Gasteiger partial charge in [0.2, 0.25) is 0 Å². The lowest BCUT2D eigenvalue weighted by Gasteiger charge is -2.09. The van der Waals surface area contributed by atoms with E-state index < -0.39 is 0 Å². The predicted octanol–water partition coefficient (Wildman–Crippen LogP) is 4.40. The maximum atomic E-state index is 12.5. The van der Waals surface area contributed by atoms with E-state index in [1.807, 2.05) is 18.2 Å². The summed E-state index contributed by atoms with van der Waals surface area (Å²) in [4.78, 5) is 12.5. The number of fused-ring (bicyclic) bond motifs is 1. The van der Waals surface area contributed by atoms with Gasteiger partial charge in [0.25, 0.3) is 5.91 Å². The van der Waals surface area contributed by atoms with Crippen molar-refractivity contribution < 1.29 is 9.21 Å². The topological polar surface area (TPSA) is 47.2 Å². The Balaban J connectivity index is 1.61. The van der Waals surface area contributed by atoms with Gasteiger partial charge < -0.3 is 14.3 Å². The van der Waals surface area contributed by atoms with Crippen molar-refractivity contribution in [2.75, 3.05) is 0 Å². The van der Waals surface area contributed by atoms with Crippen LogP contribution in [0.4, 0.5) is 0 Å². The van der Waals surface area contributed by atoms with E-state index >= 15 is 0 Å². The smallest absolute Gasteiger partial charge is 0.268 e. The van der Waals surface area contributed by atoms with Crippen LogP contribution in [0.3, 0.4) is 0 Å². The largest absolute Gasteiger partial charge is 0.467 e. The van der Waals surface area contributed by atoms with Gasteiger partial charge in [0.15, 0.2) is 0 Å². The van der Waals surface area contributed by atoms with Crippen molar-refractivity contribution in [3.8, 4) is 0 Å². The average molecular weight is 379 g/mol. The van der Waals surface area contributed by atoms with Crippen LogP contribution in [0.5, 0.6) is 0 Å². The Kier molecular flexibility index (Phi) is 3.58. The van der Waals surface area contributed by atoms with Crippen LogP contribution in [-0.4, -0.2) is 10.5 Å². The fourth-order valence-electron chi connectivity index (χ4n) is 2.63. The fourth-order valence-corrected chi connectivity index (χ4v) is 4.19. The molecule has 0 spiro atoms. The summed E-state index contributed by atoms with van der Waals surface area (Å²) in [6.07, 6.45) is 4.14. The van der Waals surface area contributed by atoms with Crippen molar-refractivity contribution in [1.82, 2.24) is 9.88 Å². The van der Waals surface area contributed by atoms with Gasteiger partial charge in [-0.3, -0.25) is 4.79 Å². The molecular formula is C16H15BrN2O2S. The van der Waals surface area contributed by atoms with Gasteiger partial charge in [-0.1, -0.05) is 0 Å². The van der Waals surface area contributed by atoms with Gasteiger partial charge in [-0.05, 0) is 59.0 Å². The molecule has 0 bridgehead atoms. The van der Waals surface area contributed by atoms with Crippen LogP contribution < -0.4 is 5.32 Å². The van der Waals surface area contributed by atoms with Crippen LogP contribution in [-0.2, 0) is 13.1 Å². The van der Waals surface area contributed by atoms with Gasteiger partial charge in [0, 0.05) is 6.54 Å². The number of hydrogen-bond acceptors (Lipinski definition) is 3. The first-order valence-corrected chi connectivity index (χ1v) is 8.91. The van der Waals surface area contributed by atoms with Crippen molar-refractivity contribution in [2.24, 2.45) is 5.92 Å². The number of amides is 1. The number of nitrogens with one attached hydrogen (secondary N) is 1. The van der Waals surface area contributed by atoms with Crippen molar-refractivity contribution in [2.45, 2.75) is 25.9 Å². The second kappa shape index (κ2) is 5.59. The minimum atomic E-state index is -0.0448. The monoisotopic (exact) mass is 378 g/mol. The number of rotatable bonds is 5. The van der Waals surface area contributed by atoms with Crippen LogP contribution in [0.15, 0.2) is 38.7 Å². The molecule has 114 valence electrons. The maximum Gasteiger partial charge on any atom is 0.268 e. The summed E-state index contributed by atoms with van der Waals surface area (Å²) in [5, 5.41) is 2.94. The lowest BCUT2D eigenvalue weighted by atomic mass is 10.3. The summed E-state index contributed by atoms with van der Waals surface area (Å²) in [6.45, 7) is 1.34. The van der Waals surface area contributed by atoms with E-state index in [0.717, 1.165) is 32.0 Å². The molecule has 0 aromatic carbocycles. The maximum absolute atomic E-state index is 12.5. The van der Waals surface area contributed by atoms with E-state index in [2.05, 4.69) is 31.9 Å². The molecule has 6 heteroatoms. The number of halogens is 1. The van der Waals surface area contributed by atoms with Crippen LogP contribution >= 0.6 is 27.3 Å². The number of nitrogens with zero attached hydrogens (tertiary/aromatic N) is 1. The minimum absolute atomic E-state index is 0.0448. The first kappa shape index (κ1) is 14.1. The molecule has 3 aromatic heterocycles. The third-order valence-electron chi connectivity index (χ3n) is 3.93. The molecule has 1 fully saturated rings. The zero-order chi connectivity index (χ0) is 15.1. The third kappa shape index (κ3) is 2.73. The third-order valence-corrected chi connectivity index (χ3v) is 5.51. The molecule has 0 saturated heterocycles. The predicted molar refractivity (Wildman–Crippen MR) is 90.1 cm³/mol. The summed E-state index contributed by atoms with van der Waals surface area (Å²) in [6, 6.07) is 7.78. The van der Waals surface area contributed by atoms with Gasteiger partial charge in [-0.2, -0.15) is 0 Å². The van der Waals surface area contributed by atoms with Crippen LogP contribution in [0.2, 0.25) is 0 Å². The molecule has 0 unspecified atom stereocenters. The zero-order valence-electron chi connectivity index (χ0n) is 11.8. The molecule has 1 saturated carbocycles. The second-order valence-corrected chi connectivity index (χ2v) is 8.11. The normalized spacial score (nSPS) is 14.6. The first-order valence-electron chi connectivity index (χ1n) is 7.30. The van der Waals surface area contributed by atoms with Crippen molar-refractivity contribution in [1.29, 1.82) is 0 Å². The second-order valence-electron chi connectivity index (χ2n) is 5.65. The van der Waals surface area contributed by atoms with Crippen molar-refractivity contribution in [3.63, 3.8) is 0 Å². The summed E-state index contributed by atoms with van der Waals surface area (Å²) in [5.41, 5.74) is 1.89. The molecule has 1 aliphatic rings. The Bertz CT molecular complexity index is 815. The quantitative estimate of drug-likeness (QED) is 0.714. The molecule has 0 aliphatic heterocycles. The van der Waals surface area contributed by atoms with Crippen LogP contribution in [0.1, 0.15) is 29.1 Å². The Morgan fingerprint density at radius 2 is 2.32 bits per heavy atom. The summed E-state index contributed by atoms with van der Waals surface area (Å²) in [7, 11) is 0. The Morgan fingerprint density at radius 1 is 1.45 bits per heavy atom. The molecule has 0 radical (unpaired) electrons. The van der Waals surface area contributed by atoms with Crippen molar-refractivity contribution >= 4 is 43.4 Å². The highest BCUT2D eigenvalue weighted by molar-refractivity contribution is 9.11. The fraction of sp³-hybridized carbons (Fsp3) is 0.312. The van der Waals surface area contributed by atoms with Crippen molar-refractivity contribution in [3.05, 3.63) is 45.8 Å². The molecule has 3 aromatic rings.